The smallest absolute Gasteiger partial charge is 0.231 e. The molecule has 0 fully saturated rings. The Morgan fingerprint density at radius 2 is 1.96 bits per heavy atom. The molecule has 0 saturated heterocycles. The lowest BCUT2D eigenvalue weighted by molar-refractivity contribution is 0.395. The van der Waals surface area contributed by atoms with E-state index in [4.69, 9.17) is 4.74 Å². The molecular formula is C18H19N3OS. The van der Waals surface area contributed by atoms with Gasteiger partial charge in [0.1, 0.15) is 0 Å². The molecule has 118 valence electrons. The Labute approximate surface area is 140 Å². The molecule has 5 heteroatoms. The lowest BCUT2D eigenvalue weighted by atomic mass is 10.1. The largest absolute Gasteiger partial charge is 0.480 e. The van der Waals surface area contributed by atoms with Crippen molar-refractivity contribution in [1.29, 1.82) is 0 Å². The number of rotatable bonds is 5. The van der Waals surface area contributed by atoms with Crippen LogP contribution in [0.4, 0.5) is 0 Å². The van der Waals surface area contributed by atoms with Gasteiger partial charge in [-0.15, -0.1) is 11.3 Å². The summed E-state index contributed by atoms with van der Waals surface area (Å²) in [4.78, 5) is 15.8. The second kappa shape index (κ2) is 6.87. The first-order valence-electron chi connectivity index (χ1n) is 7.56. The van der Waals surface area contributed by atoms with Gasteiger partial charge < -0.3 is 4.74 Å². The molecule has 3 aromatic heterocycles. The van der Waals surface area contributed by atoms with Gasteiger partial charge in [-0.3, -0.25) is 9.97 Å². The third-order valence-corrected chi connectivity index (χ3v) is 4.98. The van der Waals surface area contributed by atoms with Crippen molar-refractivity contribution in [3.05, 3.63) is 59.0 Å². The van der Waals surface area contributed by atoms with Gasteiger partial charge in [0.05, 0.1) is 35.8 Å². The molecule has 3 rings (SSSR count). The van der Waals surface area contributed by atoms with Crippen LogP contribution < -0.4 is 4.74 Å². The summed E-state index contributed by atoms with van der Waals surface area (Å²) in [6, 6.07) is 8.41. The second-order valence-electron chi connectivity index (χ2n) is 5.59. The zero-order chi connectivity index (χ0) is 16.2. The average molecular weight is 325 g/mol. The van der Waals surface area contributed by atoms with Gasteiger partial charge in [-0.2, -0.15) is 0 Å². The van der Waals surface area contributed by atoms with E-state index < -0.39 is 0 Å². The first-order valence-corrected chi connectivity index (χ1v) is 8.38. The Balaban J connectivity index is 1.90. The quantitative estimate of drug-likeness (QED) is 0.701. The Bertz CT molecular complexity index is 781. The monoisotopic (exact) mass is 325 g/mol. The summed E-state index contributed by atoms with van der Waals surface area (Å²) >= 11 is 1.81. The van der Waals surface area contributed by atoms with Crippen LogP contribution in [0.1, 0.15) is 35.9 Å². The van der Waals surface area contributed by atoms with Crippen molar-refractivity contribution in [3.63, 3.8) is 0 Å². The summed E-state index contributed by atoms with van der Waals surface area (Å²) in [5, 5.41) is 0. The van der Waals surface area contributed by atoms with Crippen LogP contribution in [0.2, 0.25) is 0 Å². The molecule has 0 amide bonds. The molecule has 0 radical (unpaired) electrons. The fraction of sp³-hybridized carbons (Fsp3) is 0.278. The summed E-state index contributed by atoms with van der Waals surface area (Å²) in [6.45, 7) is 4.42. The number of thiophene rings is 1. The van der Waals surface area contributed by atoms with Crippen LogP contribution in [0, 0.1) is 0 Å². The van der Waals surface area contributed by atoms with Crippen LogP contribution in [0.25, 0.3) is 10.6 Å². The van der Waals surface area contributed by atoms with Gasteiger partial charge in [0, 0.05) is 17.5 Å². The van der Waals surface area contributed by atoms with Gasteiger partial charge in [-0.05, 0) is 29.7 Å². The zero-order valence-electron chi connectivity index (χ0n) is 13.5. The summed E-state index contributed by atoms with van der Waals surface area (Å²) in [7, 11) is 1.59. The van der Waals surface area contributed by atoms with Crippen LogP contribution in [0.15, 0.2) is 42.9 Å². The minimum Gasteiger partial charge on any atom is -0.480 e. The van der Waals surface area contributed by atoms with Gasteiger partial charge in [0.2, 0.25) is 5.88 Å². The van der Waals surface area contributed by atoms with Crippen molar-refractivity contribution in [3.8, 4) is 16.5 Å². The van der Waals surface area contributed by atoms with Gasteiger partial charge in [0.15, 0.2) is 0 Å². The second-order valence-corrected chi connectivity index (χ2v) is 6.71. The number of aromatic nitrogens is 3. The average Bonchev–Trinajstić information content (AvgIpc) is 3.06. The molecule has 4 nitrogen and oxygen atoms in total. The third-order valence-electron chi connectivity index (χ3n) is 3.58. The van der Waals surface area contributed by atoms with Crippen LogP contribution in [-0.4, -0.2) is 22.1 Å². The van der Waals surface area contributed by atoms with Gasteiger partial charge in [-0.1, -0.05) is 19.9 Å². The highest BCUT2D eigenvalue weighted by molar-refractivity contribution is 7.15. The zero-order valence-corrected chi connectivity index (χ0v) is 14.3. The van der Waals surface area contributed by atoms with E-state index in [1.165, 1.54) is 9.75 Å². The molecule has 0 aliphatic heterocycles. The Hall–Kier alpha value is -2.27. The van der Waals surface area contributed by atoms with Crippen molar-refractivity contribution < 1.29 is 4.74 Å². The summed E-state index contributed by atoms with van der Waals surface area (Å²) < 4.78 is 5.05. The fourth-order valence-corrected chi connectivity index (χ4v) is 3.37. The van der Waals surface area contributed by atoms with Gasteiger partial charge >= 0.3 is 0 Å². The first-order chi connectivity index (χ1) is 11.2. The molecule has 0 atom stereocenters. The molecule has 3 aromatic rings. The number of pyridine rings is 1. The number of hydrogen-bond donors (Lipinski definition) is 0. The van der Waals surface area contributed by atoms with E-state index in [9.17, 15) is 0 Å². The Kier molecular flexibility index (Phi) is 4.67. The fourth-order valence-electron chi connectivity index (χ4n) is 2.33. The maximum absolute atomic E-state index is 5.05. The molecule has 0 saturated carbocycles. The van der Waals surface area contributed by atoms with E-state index in [1.807, 2.05) is 12.3 Å². The standard InChI is InChI=1S/C18H19N3OS/c1-12(2)15-6-7-16(23-15)18-13(5-4-8-19-18)9-14-10-21-17(22-3)11-20-14/h4-8,10-12H,9H2,1-3H3. The highest BCUT2D eigenvalue weighted by atomic mass is 32.1. The Morgan fingerprint density at radius 1 is 1.09 bits per heavy atom. The van der Waals surface area contributed by atoms with E-state index in [-0.39, 0.29) is 0 Å². The summed E-state index contributed by atoms with van der Waals surface area (Å²) in [5.41, 5.74) is 3.09. The molecule has 0 bridgehead atoms. The topological polar surface area (TPSA) is 47.9 Å². The molecule has 0 N–H and O–H groups in total. The van der Waals surface area contributed by atoms with E-state index >= 15 is 0 Å². The lowest BCUT2D eigenvalue weighted by Crippen LogP contribution is -1.98. The highest BCUT2D eigenvalue weighted by Crippen LogP contribution is 2.33. The predicted octanol–water partition coefficient (Wildman–Crippen LogP) is 4.32. The van der Waals surface area contributed by atoms with Crippen LogP contribution in [-0.2, 0) is 6.42 Å². The van der Waals surface area contributed by atoms with E-state index in [0.717, 1.165) is 17.0 Å². The van der Waals surface area contributed by atoms with Gasteiger partial charge in [-0.25, -0.2) is 4.98 Å². The molecule has 0 aliphatic carbocycles. The number of ether oxygens (including phenoxy) is 1. The predicted molar refractivity (Wildman–Crippen MR) is 93.0 cm³/mol. The van der Waals surface area contributed by atoms with E-state index in [1.54, 1.807) is 30.8 Å². The van der Waals surface area contributed by atoms with E-state index in [0.29, 0.717) is 18.2 Å². The van der Waals surface area contributed by atoms with E-state index in [2.05, 4.69) is 47.0 Å². The molecule has 0 aliphatic rings. The number of methoxy groups -OCH3 is 1. The molecule has 3 heterocycles. The molecule has 0 aromatic carbocycles. The van der Waals surface area contributed by atoms with Crippen LogP contribution in [0.5, 0.6) is 5.88 Å². The molecular weight excluding hydrogens is 306 g/mol. The van der Waals surface area contributed by atoms with Crippen molar-refractivity contribution >= 4 is 11.3 Å². The maximum atomic E-state index is 5.05. The lowest BCUT2D eigenvalue weighted by Gasteiger charge is -2.07. The first kappa shape index (κ1) is 15.6. The highest BCUT2D eigenvalue weighted by Gasteiger charge is 2.12. The third kappa shape index (κ3) is 3.56. The van der Waals surface area contributed by atoms with Crippen LogP contribution >= 0.6 is 11.3 Å². The molecule has 0 unspecified atom stereocenters. The number of nitrogens with zero attached hydrogens (tertiary/aromatic N) is 3. The van der Waals surface area contributed by atoms with Crippen molar-refractivity contribution in [2.24, 2.45) is 0 Å². The van der Waals surface area contributed by atoms with Crippen molar-refractivity contribution in [2.75, 3.05) is 7.11 Å². The molecule has 0 spiro atoms. The molecule has 23 heavy (non-hydrogen) atoms. The van der Waals surface area contributed by atoms with Crippen molar-refractivity contribution in [2.45, 2.75) is 26.2 Å². The number of hydrogen-bond acceptors (Lipinski definition) is 5. The minimum absolute atomic E-state index is 0.528. The minimum atomic E-state index is 0.528. The van der Waals surface area contributed by atoms with Crippen molar-refractivity contribution in [1.82, 2.24) is 15.0 Å². The summed E-state index contributed by atoms with van der Waals surface area (Å²) in [5.74, 6) is 1.06. The summed E-state index contributed by atoms with van der Waals surface area (Å²) in [6.07, 6.45) is 5.94. The normalized spacial score (nSPS) is 11.0. The van der Waals surface area contributed by atoms with Gasteiger partial charge in [0.25, 0.3) is 0 Å². The SMILES string of the molecule is COc1cnc(Cc2cccnc2-c2ccc(C(C)C)s2)cn1. The maximum Gasteiger partial charge on any atom is 0.231 e. The Morgan fingerprint density at radius 3 is 2.61 bits per heavy atom. The van der Waals surface area contributed by atoms with Crippen LogP contribution in [0.3, 0.4) is 0 Å².